The highest BCUT2D eigenvalue weighted by Crippen LogP contribution is 2.30. The molecule has 1 saturated heterocycles. The summed E-state index contributed by atoms with van der Waals surface area (Å²) >= 11 is 7.47. The van der Waals surface area contributed by atoms with Crippen LogP contribution in [0.15, 0.2) is 23.8 Å². The lowest BCUT2D eigenvalue weighted by Gasteiger charge is -2.37. The summed E-state index contributed by atoms with van der Waals surface area (Å²) in [6.07, 6.45) is 3.27. The Labute approximate surface area is 142 Å². The van der Waals surface area contributed by atoms with E-state index in [1.54, 1.807) is 11.3 Å². The molecule has 1 unspecified atom stereocenters. The number of aromatic nitrogens is 2. The van der Waals surface area contributed by atoms with Crippen molar-refractivity contribution in [2.24, 2.45) is 0 Å². The van der Waals surface area contributed by atoms with Crippen molar-refractivity contribution in [1.82, 2.24) is 14.9 Å². The molecule has 0 saturated carbocycles. The average molecular weight is 354 g/mol. The van der Waals surface area contributed by atoms with E-state index in [4.69, 9.17) is 11.6 Å². The van der Waals surface area contributed by atoms with Gasteiger partial charge in [0.1, 0.15) is 5.01 Å². The summed E-state index contributed by atoms with van der Waals surface area (Å²) in [6.45, 7) is 5.12. The molecule has 23 heavy (non-hydrogen) atoms. The van der Waals surface area contributed by atoms with Crippen LogP contribution in [0, 0.1) is 10.1 Å². The maximum atomic E-state index is 11.2. The van der Waals surface area contributed by atoms with E-state index in [-0.39, 0.29) is 16.8 Å². The van der Waals surface area contributed by atoms with Crippen LogP contribution in [0.2, 0.25) is 5.02 Å². The SMILES string of the molecule is CC(c1nccs1)N1CCN(c2ncc(Cl)cc2[N+](=O)[O-])CC1. The Bertz CT molecular complexity index is 688. The second-order valence-electron chi connectivity index (χ2n) is 5.32. The van der Waals surface area contributed by atoms with E-state index in [0.29, 0.717) is 18.9 Å². The highest BCUT2D eigenvalue weighted by molar-refractivity contribution is 7.09. The smallest absolute Gasteiger partial charge is 0.313 e. The van der Waals surface area contributed by atoms with Crippen LogP contribution in [-0.2, 0) is 0 Å². The van der Waals surface area contributed by atoms with Gasteiger partial charge in [-0.2, -0.15) is 0 Å². The Morgan fingerprint density at radius 1 is 1.35 bits per heavy atom. The van der Waals surface area contributed by atoms with Gasteiger partial charge >= 0.3 is 5.69 Å². The molecular formula is C14H16ClN5O2S. The van der Waals surface area contributed by atoms with Crippen LogP contribution in [0.3, 0.4) is 0 Å². The number of halogens is 1. The predicted octanol–water partition coefficient (Wildman–Crippen LogP) is 2.98. The minimum absolute atomic E-state index is 0.0427. The summed E-state index contributed by atoms with van der Waals surface area (Å²) < 4.78 is 0. The highest BCUT2D eigenvalue weighted by atomic mass is 35.5. The molecule has 3 rings (SSSR count). The molecule has 0 radical (unpaired) electrons. The summed E-state index contributed by atoms with van der Waals surface area (Å²) in [6, 6.07) is 1.61. The predicted molar refractivity (Wildman–Crippen MR) is 90.2 cm³/mol. The average Bonchev–Trinajstić information content (AvgIpc) is 3.09. The van der Waals surface area contributed by atoms with Crippen LogP contribution in [0.4, 0.5) is 11.5 Å². The summed E-state index contributed by atoms with van der Waals surface area (Å²) in [7, 11) is 0. The lowest BCUT2D eigenvalue weighted by Crippen LogP contribution is -2.47. The Kier molecular flexibility index (Phi) is 4.74. The largest absolute Gasteiger partial charge is 0.348 e. The Balaban J connectivity index is 1.71. The second-order valence-corrected chi connectivity index (χ2v) is 6.69. The van der Waals surface area contributed by atoms with Crippen molar-refractivity contribution in [3.05, 3.63) is 44.0 Å². The molecule has 122 valence electrons. The number of thiazole rings is 1. The first-order chi connectivity index (χ1) is 11.1. The molecular weight excluding hydrogens is 338 g/mol. The molecule has 2 aromatic rings. The number of pyridine rings is 1. The summed E-state index contributed by atoms with van der Waals surface area (Å²) in [4.78, 5) is 23.6. The van der Waals surface area contributed by atoms with Gasteiger partial charge in [0.15, 0.2) is 0 Å². The third-order valence-corrected chi connectivity index (χ3v) is 5.13. The van der Waals surface area contributed by atoms with E-state index < -0.39 is 4.92 Å². The Hall–Kier alpha value is -1.77. The van der Waals surface area contributed by atoms with Crippen LogP contribution >= 0.6 is 22.9 Å². The van der Waals surface area contributed by atoms with Crippen molar-refractivity contribution in [2.45, 2.75) is 13.0 Å². The zero-order valence-corrected chi connectivity index (χ0v) is 14.1. The van der Waals surface area contributed by atoms with Crippen molar-refractivity contribution in [1.29, 1.82) is 0 Å². The Morgan fingerprint density at radius 3 is 2.70 bits per heavy atom. The normalized spacial score (nSPS) is 17.2. The van der Waals surface area contributed by atoms with Gasteiger partial charge in [0.05, 0.1) is 16.0 Å². The van der Waals surface area contributed by atoms with E-state index in [9.17, 15) is 10.1 Å². The van der Waals surface area contributed by atoms with E-state index in [2.05, 4.69) is 21.8 Å². The number of nitrogens with zero attached hydrogens (tertiary/aromatic N) is 5. The molecule has 0 N–H and O–H groups in total. The molecule has 2 aromatic heterocycles. The second kappa shape index (κ2) is 6.77. The van der Waals surface area contributed by atoms with Crippen molar-refractivity contribution >= 4 is 34.4 Å². The van der Waals surface area contributed by atoms with Gasteiger partial charge in [0, 0.05) is 50.0 Å². The van der Waals surface area contributed by atoms with Crippen molar-refractivity contribution in [3.63, 3.8) is 0 Å². The van der Waals surface area contributed by atoms with Gasteiger partial charge in [-0.05, 0) is 6.92 Å². The van der Waals surface area contributed by atoms with Crippen molar-refractivity contribution in [3.8, 4) is 0 Å². The van der Waals surface area contributed by atoms with Crippen molar-refractivity contribution < 1.29 is 4.92 Å². The maximum absolute atomic E-state index is 11.2. The number of rotatable bonds is 4. The number of piperazine rings is 1. The van der Waals surface area contributed by atoms with Gasteiger partial charge in [-0.15, -0.1) is 11.3 Å². The third kappa shape index (κ3) is 3.44. The monoisotopic (exact) mass is 353 g/mol. The number of anilines is 1. The fourth-order valence-electron chi connectivity index (χ4n) is 2.72. The Morgan fingerprint density at radius 2 is 2.09 bits per heavy atom. The highest BCUT2D eigenvalue weighted by Gasteiger charge is 2.28. The number of hydrogen-bond acceptors (Lipinski definition) is 7. The van der Waals surface area contributed by atoms with Crippen LogP contribution in [0.5, 0.6) is 0 Å². The number of nitro groups is 1. The molecule has 1 atom stereocenters. The van der Waals surface area contributed by atoms with E-state index in [1.807, 2.05) is 16.5 Å². The molecule has 3 heterocycles. The molecule has 9 heteroatoms. The topological polar surface area (TPSA) is 75.4 Å². The van der Waals surface area contributed by atoms with Crippen LogP contribution in [-0.4, -0.2) is 46.0 Å². The molecule has 1 aliphatic heterocycles. The van der Waals surface area contributed by atoms with Crippen molar-refractivity contribution in [2.75, 3.05) is 31.1 Å². The van der Waals surface area contributed by atoms with Gasteiger partial charge in [0.25, 0.3) is 0 Å². The molecule has 0 amide bonds. The zero-order valence-electron chi connectivity index (χ0n) is 12.6. The van der Waals surface area contributed by atoms with E-state index in [0.717, 1.165) is 18.1 Å². The first kappa shape index (κ1) is 16.1. The quantitative estimate of drug-likeness (QED) is 0.621. The third-order valence-electron chi connectivity index (χ3n) is 3.98. The molecule has 0 bridgehead atoms. The summed E-state index contributed by atoms with van der Waals surface area (Å²) in [5.41, 5.74) is -0.0427. The van der Waals surface area contributed by atoms with Gasteiger partial charge in [-0.25, -0.2) is 9.97 Å². The van der Waals surface area contributed by atoms with Crippen LogP contribution < -0.4 is 4.90 Å². The first-order valence-electron chi connectivity index (χ1n) is 7.24. The van der Waals surface area contributed by atoms with Crippen LogP contribution in [0.25, 0.3) is 0 Å². The zero-order chi connectivity index (χ0) is 16.4. The van der Waals surface area contributed by atoms with E-state index in [1.165, 1.54) is 12.3 Å². The minimum atomic E-state index is -0.432. The van der Waals surface area contributed by atoms with Gasteiger partial charge in [0.2, 0.25) is 5.82 Å². The lowest BCUT2D eigenvalue weighted by molar-refractivity contribution is -0.384. The molecule has 0 aliphatic carbocycles. The molecule has 0 aromatic carbocycles. The fraction of sp³-hybridized carbons (Fsp3) is 0.429. The number of hydrogen-bond donors (Lipinski definition) is 0. The fourth-order valence-corrected chi connectivity index (χ4v) is 3.60. The van der Waals surface area contributed by atoms with Gasteiger partial charge < -0.3 is 4.90 Å². The summed E-state index contributed by atoms with van der Waals surface area (Å²) in [5.74, 6) is 0.390. The molecule has 0 spiro atoms. The molecule has 1 fully saturated rings. The molecule has 7 nitrogen and oxygen atoms in total. The molecule has 1 aliphatic rings. The van der Waals surface area contributed by atoms with Crippen LogP contribution in [0.1, 0.15) is 18.0 Å². The first-order valence-corrected chi connectivity index (χ1v) is 8.50. The van der Waals surface area contributed by atoms with E-state index >= 15 is 0 Å². The standard InChI is InChI=1S/C14H16ClN5O2S/c1-10(14-16-2-7-23-14)18-3-5-19(6-4-18)13-12(20(21)22)8-11(15)9-17-13/h2,7-10H,3-6H2,1H3. The van der Waals surface area contributed by atoms with Gasteiger partial charge in [-0.1, -0.05) is 11.6 Å². The summed E-state index contributed by atoms with van der Waals surface area (Å²) in [5, 5.41) is 14.5. The minimum Gasteiger partial charge on any atom is -0.348 e. The lowest BCUT2D eigenvalue weighted by atomic mass is 10.2. The maximum Gasteiger partial charge on any atom is 0.313 e. The van der Waals surface area contributed by atoms with Gasteiger partial charge in [-0.3, -0.25) is 15.0 Å².